The van der Waals surface area contributed by atoms with E-state index in [0.29, 0.717) is 17.9 Å². The molecule has 2 aromatic rings. The van der Waals surface area contributed by atoms with Gasteiger partial charge in [0.1, 0.15) is 11.5 Å². The lowest BCUT2D eigenvalue weighted by Gasteiger charge is -2.41. The molecule has 2 saturated carbocycles. The monoisotopic (exact) mass is 474 g/mol. The molecule has 2 fully saturated rings. The molecule has 3 N–H and O–H groups in total. The van der Waals surface area contributed by atoms with Gasteiger partial charge in [0.2, 0.25) is 0 Å². The Morgan fingerprint density at radius 2 is 1.66 bits per heavy atom. The quantitative estimate of drug-likeness (QED) is 0.395. The Morgan fingerprint density at radius 3 is 2.43 bits per heavy atom. The molecule has 3 aliphatic rings. The fourth-order valence-corrected chi connectivity index (χ4v) is 6.34. The van der Waals surface area contributed by atoms with Crippen molar-refractivity contribution in [1.82, 2.24) is 10.2 Å². The summed E-state index contributed by atoms with van der Waals surface area (Å²) in [6.07, 6.45) is 14.8. The summed E-state index contributed by atoms with van der Waals surface area (Å²) in [6, 6.07) is 16.6. The van der Waals surface area contributed by atoms with Gasteiger partial charge in [0.15, 0.2) is 5.96 Å². The van der Waals surface area contributed by atoms with Gasteiger partial charge in [0.25, 0.3) is 0 Å². The molecule has 188 valence electrons. The highest BCUT2D eigenvalue weighted by atomic mass is 16.5. The van der Waals surface area contributed by atoms with Crippen LogP contribution in [0.5, 0.6) is 11.5 Å². The van der Waals surface area contributed by atoms with E-state index in [4.69, 9.17) is 15.5 Å². The third-order valence-electron chi connectivity index (χ3n) is 8.27. The first-order valence-electron chi connectivity index (χ1n) is 13.9. The van der Waals surface area contributed by atoms with Gasteiger partial charge < -0.3 is 20.7 Å². The number of ether oxygens (including phenoxy) is 1. The first-order chi connectivity index (χ1) is 17.3. The molecule has 1 aliphatic heterocycles. The molecule has 1 heterocycles. The Morgan fingerprint density at radius 1 is 0.914 bits per heavy atom. The second kappa shape index (κ2) is 11.9. The van der Waals surface area contributed by atoms with Crippen molar-refractivity contribution in [2.45, 2.75) is 83.2 Å². The summed E-state index contributed by atoms with van der Waals surface area (Å²) < 4.78 is 6.11. The fourth-order valence-electron chi connectivity index (χ4n) is 6.34. The number of fused-ring (bicyclic) bond motifs is 1. The summed E-state index contributed by atoms with van der Waals surface area (Å²) >= 11 is 0. The van der Waals surface area contributed by atoms with E-state index in [1.54, 1.807) is 0 Å². The minimum absolute atomic E-state index is 0.435. The molecule has 5 heteroatoms. The van der Waals surface area contributed by atoms with Crippen molar-refractivity contribution in [2.24, 2.45) is 22.6 Å². The fraction of sp³-hybridized carbons (Fsp3) is 0.567. The molecular weight excluding hydrogens is 432 g/mol. The van der Waals surface area contributed by atoms with E-state index in [1.807, 2.05) is 42.5 Å². The van der Waals surface area contributed by atoms with Crippen molar-refractivity contribution in [1.29, 1.82) is 0 Å². The van der Waals surface area contributed by atoms with Gasteiger partial charge in [-0.25, -0.2) is 4.99 Å². The highest BCUT2D eigenvalue weighted by molar-refractivity contribution is 5.84. The van der Waals surface area contributed by atoms with Crippen molar-refractivity contribution in [3.8, 4) is 11.5 Å². The second-order valence-corrected chi connectivity index (χ2v) is 10.8. The number of hydrogen-bond acceptors (Lipinski definition) is 5. The van der Waals surface area contributed by atoms with Gasteiger partial charge >= 0.3 is 0 Å². The zero-order chi connectivity index (χ0) is 23.9. The smallest absolute Gasteiger partial charge is 0.197 e. The third kappa shape index (κ3) is 6.38. The van der Waals surface area contributed by atoms with E-state index in [0.717, 1.165) is 42.6 Å². The van der Waals surface area contributed by atoms with E-state index in [1.165, 1.54) is 76.3 Å². The van der Waals surface area contributed by atoms with E-state index in [-0.39, 0.29) is 0 Å². The Labute approximate surface area is 211 Å². The van der Waals surface area contributed by atoms with Crippen LogP contribution >= 0.6 is 0 Å². The van der Waals surface area contributed by atoms with Crippen molar-refractivity contribution in [3.05, 3.63) is 54.1 Å². The van der Waals surface area contributed by atoms with Crippen molar-refractivity contribution in [2.75, 3.05) is 13.1 Å². The number of hydrogen-bond donors (Lipinski definition) is 2. The van der Waals surface area contributed by atoms with Crippen molar-refractivity contribution < 1.29 is 4.74 Å². The van der Waals surface area contributed by atoms with Crippen LogP contribution in [0, 0.1) is 11.8 Å². The van der Waals surface area contributed by atoms with Gasteiger partial charge in [-0.3, -0.25) is 0 Å². The molecular formula is C30H42N4O. The molecule has 0 unspecified atom stereocenters. The minimum Gasteiger partial charge on any atom is -0.457 e. The van der Waals surface area contributed by atoms with E-state index >= 15 is 0 Å². The summed E-state index contributed by atoms with van der Waals surface area (Å²) in [4.78, 5) is 7.23. The lowest BCUT2D eigenvalue weighted by molar-refractivity contribution is 0.163. The van der Waals surface area contributed by atoms with Crippen LogP contribution in [-0.4, -0.2) is 30.0 Å². The van der Waals surface area contributed by atoms with Crippen LogP contribution in [0.3, 0.4) is 0 Å². The number of nitrogens with zero attached hydrogens (tertiary/aromatic N) is 2. The maximum Gasteiger partial charge on any atom is 0.197 e. The number of nitrogens with two attached hydrogens (primary N) is 1. The molecule has 2 aliphatic carbocycles. The number of rotatable bonds is 9. The van der Waals surface area contributed by atoms with Crippen LogP contribution in [0.25, 0.3) is 0 Å². The molecule has 2 aromatic carbocycles. The highest BCUT2D eigenvalue weighted by Gasteiger charge is 2.32. The van der Waals surface area contributed by atoms with Crippen LogP contribution in [0.1, 0.15) is 76.2 Å². The van der Waals surface area contributed by atoms with Gasteiger partial charge in [-0.2, -0.15) is 0 Å². The van der Waals surface area contributed by atoms with Gasteiger partial charge in [-0.1, -0.05) is 56.7 Å². The number of nitrogens with one attached hydrogen (secondary N) is 1. The highest BCUT2D eigenvalue weighted by Crippen LogP contribution is 2.36. The average Bonchev–Trinajstić information content (AvgIpc) is 2.90. The Hall–Kier alpha value is -2.53. The first-order valence-corrected chi connectivity index (χ1v) is 13.9. The van der Waals surface area contributed by atoms with Crippen molar-refractivity contribution in [3.63, 3.8) is 0 Å². The van der Waals surface area contributed by atoms with Crippen LogP contribution in [0.2, 0.25) is 0 Å². The number of para-hydroxylation sites is 1. The summed E-state index contributed by atoms with van der Waals surface area (Å²) in [6.45, 7) is 3.04. The normalized spacial score (nSPS) is 20.2. The second-order valence-electron chi connectivity index (χ2n) is 10.8. The summed E-state index contributed by atoms with van der Waals surface area (Å²) in [5.74, 6) is 3.95. The van der Waals surface area contributed by atoms with Crippen LogP contribution in [0.4, 0.5) is 5.69 Å². The van der Waals surface area contributed by atoms with Crippen LogP contribution < -0.4 is 15.8 Å². The largest absolute Gasteiger partial charge is 0.457 e. The third-order valence-corrected chi connectivity index (χ3v) is 8.27. The maximum atomic E-state index is 6.61. The van der Waals surface area contributed by atoms with Crippen LogP contribution in [-0.2, 0) is 6.54 Å². The summed E-state index contributed by atoms with van der Waals surface area (Å²) in [5, 5.41) is 3.81. The SMILES string of the molecule is NC1=Nc2ccc(Oc3ccccc3)cc2CN1[C@@H](CCNCC1CCCCC1)C1CCCCC1. The number of aliphatic imine (C=N–C) groups is 1. The van der Waals surface area contributed by atoms with Gasteiger partial charge in [-0.15, -0.1) is 0 Å². The first kappa shape index (κ1) is 24.2. The molecule has 0 bridgehead atoms. The van der Waals surface area contributed by atoms with Crippen LogP contribution in [0.15, 0.2) is 53.5 Å². The van der Waals surface area contributed by atoms with Gasteiger partial charge in [0.05, 0.1) is 5.69 Å². The topological polar surface area (TPSA) is 62.9 Å². The van der Waals surface area contributed by atoms with E-state index in [9.17, 15) is 0 Å². The molecule has 0 radical (unpaired) electrons. The Balaban J connectivity index is 1.27. The number of benzene rings is 2. The molecule has 5 nitrogen and oxygen atoms in total. The minimum atomic E-state index is 0.435. The molecule has 1 atom stereocenters. The standard InChI is InChI=1S/C30H42N4O/c31-30-33-28-17-16-27(35-26-14-8-3-9-15-26)20-25(28)22-34(30)29(24-12-6-2-7-13-24)18-19-32-21-23-10-4-1-5-11-23/h3,8-9,14-17,20,23-24,29,32H,1-2,4-7,10-13,18-19,21-22H2,(H2,31,33)/t29-/m0/s1. The maximum absolute atomic E-state index is 6.61. The van der Waals surface area contributed by atoms with Gasteiger partial charge in [-0.05, 0) is 87.4 Å². The number of guanidine groups is 1. The lowest BCUT2D eigenvalue weighted by Crippen LogP contribution is -2.50. The lowest BCUT2D eigenvalue weighted by atomic mass is 9.81. The summed E-state index contributed by atoms with van der Waals surface area (Å²) in [7, 11) is 0. The zero-order valence-corrected chi connectivity index (χ0v) is 21.1. The Kier molecular flexibility index (Phi) is 8.25. The Bertz CT molecular complexity index is 964. The van der Waals surface area contributed by atoms with Crippen molar-refractivity contribution >= 4 is 11.6 Å². The predicted octanol–water partition coefficient (Wildman–Crippen LogP) is 6.75. The predicted molar refractivity (Wildman–Crippen MR) is 144 cm³/mol. The summed E-state index contributed by atoms with van der Waals surface area (Å²) in [5.41, 5.74) is 8.78. The molecule has 0 saturated heterocycles. The van der Waals surface area contributed by atoms with E-state index < -0.39 is 0 Å². The molecule has 0 spiro atoms. The molecule has 0 amide bonds. The average molecular weight is 475 g/mol. The molecule has 0 aromatic heterocycles. The van der Waals surface area contributed by atoms with Gasteiger partial charge in [0, 0.05) is 18.2 Å². The zero-order valence-electron chi connectivity index (χ0n) is 21.1. The molecule has 5 rings (SSSR count). The van der Waals surface area contributed by atoms with E-state index in [2.05, 4.69) is 16.3 Å². The molecule has 35 heavy (non-hydrogen) atoms.